The fraction of sp³-hybridized carbons (Fsp3) is 0.538. The van der Waals surface area contributed by atoms with Crippen LogP contribution in [0.4, 0.5) is 0 Å². The summed E-state index contributed by atoms with van der Waals surface area (Å²) in [6.45, 7) is 0.234. The molecule has 0 saturated heterocycles. The minimum atomic E-state index is -3.56. The van der Waals surface area contributed by atoms with E-state index in [4.69, 9.17) is 16.7 Å². The third kappa shape index (κ3) is 3.31. The van der Waals surface area contributed by atoms with Crippen LogP contribution in [-0.2, 0) is 16.6 Å². The number of aliphatic hydroxyl groups is 1. The van der Waals surface area contributed by atoms with Crippen molar-refractivity contribution >= 4 is 33.4 Å². The van der Waals surface area contributed by atoms with E-state index in [1.807, 2.05) is 6.26 Å². The smallest absolute Gasteiger partial charge is 0.240 e. The lowest BCUT2D eigenvalue weighted by Crippen LogP contribution is -2.45. The molecule has 112 valence electrons. The van der Waals surface area contributed by atoms with Crippen molar-refractivity contribution in [1.82, 2.24) is 4.72 Å². The van der Waals surface area contributed by atoms with Crippen molar-refractivity contribution in [1.29, 1.82) is 0 Å². The molecule has 0 amide bonds. The average Bonchev–Trinajstić information content (AvgIpc) is 2.38. The Balaban J connectivity index is 2.12. The van der Waals surface area contributed by atoms with Crippen molar-refractivity contribution in [2.45, 2.75) is 35.5 Å². The van der Waals surface area contributed by atoms with Crippen LogP contribution in [0.2, 0.25) is 5.02 Å². The van der Waals surface area contributed by atoms with E-state index in [0.29, 0.717) is 12.1 Å². The van der Waals surface area contributed by atoms with Crippen LogP contribution < -0.4 is 4.72 Å². The van der Waals surface area contributed by atoms with Gasteiger partial charge in [-0.15, -0.1) is 0 Å². The maximum absolute atomic E-state index is 12.2. The van der Waals surface area contributed by atoms with Crippen LogP contribution in [-0.4, -0.2) is 31.1 Å². The summed E-state index contributed by atoms with van der Waals surface area (Å²) in [5.41, 5.74) is 0.519. The Kier molecular flexibility index (Phi) is 5.02. The maximum Gasteiger partial charge on any atom is 0.240 e. The SMILES string of the molecule is CSC1(CNS(=O)(=O)c2ccc(CO)c(Cl)c2)CCC1. The number of sulfonamides is 1. The van der Waals surface area contributed by atoms with Crippen LogP contribution in [0.1, 0.15) is 24.8 Å². The van der Waals surface area contributed by atoms with Crippen LogP contribution in [0.15, 0.2) is 23.1 Å². The van der Waals surface area contributed by atoms with Gasteiger partial charge in [-0.2, -0.15) is 11.8 Å². The van der Waals surface area contributed by atoms with Crippen molar-refractivity contribution in [3.05, 3.63) is 28.8 Å². The Bertz CT molecular complexity index is 580. The average molecular weight is 336 g/mol. The number of nitrogens with one attached hydrogen (secondary N) is 1. The summed E-state index contributed by atoms with van der Waals surface area (Å²) < 4.78 is 27.2. The number of benzene rings is 1. The molecular weight excluding hydrogens is 318 g/mol. The van der Waals surface area contributed by atoms with E-state index in [1.54, 1.807) is 11.8 Å². The van der Waals surface area contributed by atoms with E-state index >= 15 is 0 Å². The Hall–Kier alpha value is -0.270. The van der Waals surface area contributed by atoms with Gasteiger partial charge in [-0.3, -0.25) is 0 Å². The van der Waals surface area contributed by atoms with Gasteiger partial charge < -0.3 is 5.11 Å². The first-order valence-corrected chi connectivity index (χ1v) is 9.45. The molecule has 1 aromatic carbocycles. The summed E-state index contributed by atoms with van der Waals surface area (Å²) in [5, 5.41) is 9.30. The van der Waals surface area contributed by atoms with Gasteiger partial charge in [0.25, 0.3) is 0 Å². The predicted octanol–water partition coefficient (Wildman–Crippen LogP) is 2.40. The van der Waals surface area contributed by atoms with E-state index in [2.05, 4.69) is 4.72 Å². The Labute approximate surface area is 129 Å². The van der Waals surface area contributed by atoms with E-state index in [0.717, 1.165) is 19.3 Å². The molecule has 1 aliphatic carbocycles. The molecule has 0 radical (unpaired) electrons. The van der Waals surface area contributed by atoms with E-state index in [-0.39, 0.29) is 21.3 Å². The molecule has 0 unspecified atom stereocenters. The second-order valence-corrected chi connectivity index (χ2v) is 8.42. The topological polar surface area (TPSA) is 66.4 Å². The van der Waals surface area contributed by atoms with Crippen molar-refractivity contribution in [3.8, 4) is 0 Å². The van der Waals surface area contributed by atoms with E-state index in [1.165, 1.54) is 18.2 Å². The molecule has 1 saturated carbocycles. The minimum absolute atomic E-state index is 0.0436. The number of aliphatic hydroxyl groups excluding tert-OH is 1. The lowest BCUT2D eigenvalue weighted by Gasteiger charge is -2.40. The van der Waals surface area contributed by atoms with Gasteiger partial charge in [-0.05, 0) is 36.8 Å². The van der Waals surface area contributed by atoms with Crippen LogP contribution in [0, 0.1) is 0 Å². The molecule has 0 heterocycles. The second kappa shape index (κ2) is 6.23. The quantitative estimate of drug-likeness (QED) is 0.837. The van der Waals surface area contributed by atoms with Crippen LogP contribution in [0.5, 0.6) is 0 Å². The minimum Gasteiger partial charge on any atom is -0.392 e. The van der Waals surface area contributed by atoms with Gasteiger partial charge in [0.05, 0.1) is 11.5 Å². The largest absolute Gasteiger partial charge is 0.392 e. The third-order valence-electron chi connectivity index (χ3n) is 3.79. The molecule has 1 aliphatic rings. The summed E-state index contributed by atoms with van der Waals surface area (Å²) in [5.74, 6) is 0. The fourth-order valence-electron chi connectivity index (χ4n) is 2.16. The molecular formula is C13H18ClNO3S2. The molecule has 2 N–H and O–H groups in total. The molecule has 4 nitrogen and oxygen atoms in total. The highest BCUT2D eigenvalue weighted by atomic mass is 35.5. The first-order valence-electron chi connectivity index (χ1n) is 6.36. The van der Waals surface area contributed by atoms with Gasteiger partial charge in [-0.25, -0.2) is 13.1 Å². The predicted molar refractivity (Wildman–Crippen MR) is 82.7 cm³/mol. The highest BCUT2D eigenvalue weighted by molar-refractivity contribution is 8.00. The first kappa shape index (κ1) is 16.1. The van der Waals surface area contributed by atoms with Crippen LogP contribution in [0.3, 0.4) is 0 Å². The number of hydrogen-bond acceptors (Lipinski definition) is 4. The number of halogens is 1. The summed E-state index contributed by atoms with van der Waals surface area (Å²) in [6, 6.07) is 4.37. The highest BCUT2D eigenvalue weighted by Crippen LogP contribution is 2.42. The molecule has 1 fully saturated rings. The number of rotatable bonds is 6. The zero-order valence-electron chi connectivity index (χ0n) is 11.2. The Morgan fingerprint density at radius 1 is 1.45 bits per heavy atom. The normalized spacial score (nSPS) is 17.8. The van der Waals surface area contributed by atoms with E-state index in [9.17, 15) is 8.42 Å². The van der Waals surface area contributed by atoms with Gasteiger partial charge in [-0.1, -0.05) is 24.1 Å². The van der Waals surface area contributed by atoms with Crippen molar-refractivity contribution in [3.63, 3.8) is 0 Å². The van der Waals surface area contributed by atoms with Crippen molar-refractivity contribution in [2.75, 3.05) is 12.8 Å². The molecule has 0 spiro atoms. The van der Waals surface area contributed by atoms with Gasteiger partial charge in [0, 0.05) is 16.3 Å². The van der Waals surface area contributed by atoms with Crippen LogP contribution >= 0.6 is 23.4 Å². The maximum atomic E-state index is 12.2. The standard InChI is InChI=1S/C13H18ClNO3S2/c1-19-13(5-2-6-13)9-15-20(17,18)11-4-3-10(8-16)12(14)7-11/h3-4,7,15-16H,2,5-6,8-9H2,1H3. The lowest BCUT2D eigenvalue weighted by atomic mass is 9.84. The summed E-state index contributed by atoms with van der Waals surface area (Å²) in [7, 11) is -3.56. The second-order valence-electron chi connectivity index (χ2n) is 4.98. The molecule has 7 heteroatoms. The fourth-order valence-corrected chi connectivity index (χ4v) is 4.62. The van der Waals surface area contributed by atoms with Crippen molar-refractivity contribution < 1.29 is 13.5 Å². The summed E-state index contributed by atoms with van der Waals surface area (Å²) >= 11 is 7.65. The molecule has 1 aromatic rings. The number of hydrogen-bond donors (Lipinski definition) is 2. The molecule has 0 aromatic heterocycles. The molecule has 0 bridgehead atoms. The van der Waals surface area contributed by atoms with Crippen molar-refractivity contribution in [2.24, 2.45) is 0 Å². The van der Waals surface area contributed by atoms with Gasteiger partial charge in [0.15, 0.2) is 0 Å². The Morgan fingerprint density at radius 3 is 2.60 bits per heavy atom. The van der Waals surface area contributed by atoms with Gasteiger partial charge >= 0.3 is 0 Å². The Morgan fingerprint density at radius 2 is 2.15 bits per heavy atom. The summed E-state index contributed by atoms with van der Waals surface area (Å²) in [6.07, 6.45) is 5.25. The lowest BCUT2D eigenvalue weighted by molar-refractivity contribution is 0.282. The van der Waals surface area contributed by atoms with Crippen LogP contribution in [0.25, 0.3) is 0 Å². The summed E-state index contributed by atoms with van der Waals surface area (Å²) in [4.78, 5) is 0.135. The molecule has 0 aliphatic heterocycles. The third-order valence-corrected chi connectivity index (χ3v) is 6.96. The molecule has 2 rings (SSSR count). The first-order chi connectivity index (χ1) is 9.42. The van der Waals surface area contributed by atoms with E-state index < -0.39 is 10.0 Å². The van der Waals surface area contributed by atoms with Gasteiger partial charge in [0.1, 0.15) is 0 Å². The molecule has 0 atom stereocenters. The number of thioether (sulfide) groups is 1. The molecule has 20 heavy (non-hydrogen) atoms. The zero-order chi connectivity index (χ0) is 14.8. The monoisotopic (exact) mass is 335 g/mol. The zero-order valence-corrected chi connectivity index (χ0v) is 13.6. The highest BCUT2D eigenvalue weighted by Gasteiger charge is 2.37. The van der Waals surface area contributed by atoms with Gasteiger partial charge in [0.2, 0.25) is 10.0 Å².